The second-order valence-electron chi connectivity index (χ2n) is 5.55. The van der Waals surface area contributed by atoms with E-state index in [0.717, 1.165) is 0 Å². The number of benzene rings is 1. The summed E-state index contributed by atoms with van der Waals surface area (Å²) in [4.78, 5) is 0. The van der Waals surface area contributed by atoms with Crippen molar-refractivity contribution in [2.24, 2.45) is 11.8 Å². The summed E-state index contributed by atoms with van der Waals surface area (Å²) in [6.07, 6.45) is 2.34. The van der Waals surface area contributed by atoms with E-state index < -0.39 is 0 Å². The predicted octanol–water partition coefficient (Wildman–Crippen LogP) is 4.58. The van der Waals surface area contributed by atoms with Crippen LogP contribution in [0, 0.1) is 11.8 Å². The zero-order valence-electron chi connectivity index (χ0n) is 12.2. The van der Waals surface area contributed by atoms with Crippen molar-refractivity contribution < 1.29 is 9.84 Å². The van der Waals surface area contributed by atoms with Crippen molar-refractivity contribution in [1.82, 2.24) is 0 Å². The van der Waals surface area contributed by atoms with Gasteiger partial charge >= 0.3 is 0 Å². The molecule has 2 atom stereocenters. The normalized spacial score (nSPS) is 14.6. The first-order valence-electron chi connectivity index (χ1n) is 6.86. The van der Waals surface area contributed by atoms with E-state index in [4.69, 9.17) is 4.74 Å². The molecule has 0 radical (unpaired) electrons. The highest BCUT2D eigenvalue weighted by molar-refractivity contribution is 5.43. The molecule has 1 rings (SSSR count). The third-order valence-corrected chi connectivity index (χ3v) is 3.69. The first kappa shape index (κ1) is 14.9. The standard InChI is InChI=1S/C16H26O2/c1-6-12(4)14(9-11(2)3)13-7-8-15(17)16(10-13)18-5/h7-8,10-12,14,17H,6,9H2,1-5H3. The molecule has 0 aromatic heterocycles. The summed E-state index contributed by atoms with van der Waals surface area (Å²) in [5, 5.41) is 9.67. The van der Waals surface area contributed by atoms with E-state index in [-0.39, 0.29) is 5.75 Å². The Morgan fingerprint density at radius 2 is 1.89 bits per heavy atom. The Morgan fingerprint density at radius 3 is 2.39 bits per heavy atom. The monoisotopic (exact) mass is 250 g/mol. The van der Waals surface area contributed by atoms with Gasteiger partial charge in [0.25, 0.3) is 0 Å². The molecule has 2 unspecified atom stereocenters. The van der Waals surface area contributed by atoms with Crippen molar-refractivity contribution in [3.63, 3.8) is 0 Å². The van der Waals surface area contributed by atoms with Gasteiger partial charge in [0, 0.05) is 0 Å². The molecule has 2 heteroatoms. The van der Waals surface area contributed by atoms with Crippen LogP contribution in [-0.2, 0) is 0 Å². The number of phenolic OH excluding ortho intramolecular Hbond substituents is 1. The molecule has 0 bridgehead atoms. The van der Waals surface area contributed by atoms with Gasteiger partial charge in [-0.2, -0.15) is 0 Å². The fraction of sp³-hybridized carbons (Fsp3) is 0.625. The topological polar surface area (TPSA) is 29.5 Å². The van der Waals surface area contributed by atoms with Crippen LogP contribution < -0.4 is 4.74 Å². The molecule has 0 aliphatic heterocycles. The first-order valence-corrected chi connectivity index (χ1v) is 6.86. The van der Waals surface area contributed by atoms with Gasteiger partial charge in [-0.15, -0.1) is 0 Å². The molecular formula is C16H26O2. The lowest BCUT2D eigenvalue weighted by Crippen LogP contribution is -2.12. The smallest absolute Gasteiger partial charge is 0.160 e. The van der Waals surface area contributed by atoms with Crippen LogP contribution in [0.1, 0.15) is 52.0 Å². The Kier molecular flexibility index (Phi) is 5.52. The van der Waals surface area contributed by atoms with Crippen LogP contribution >= 0.6 is 0 Å². The van der Waals surface area contributed by atoms with Crippen LogP contribution in [0.25, 0.3) is 0 Å². The number of methoxy groups -OCH3 is 1. The number of hydrogen-bond donors (Lipinski definition) is 1. The van der Waals surface area contributed by atoms with E-state index in [1.54, 1.807) is 13.2 Å². The molecule has 0 aliphatic carbocycles. The van der Waals surface area contributed by atoms with Crippen LogP contribution in [0.2, 0.25) is 0 Å². The molecule has 1 aromatic rings. The molecule has 0 spiro atoms. The van der Waals surface area contributed by atoms with Gasteiger partial charge in [-0.05, 0) is 41.9 Å². The van der Waals surface area contributed by atoms with Gasteiger partial charge in [0.05, 0.1) is 7.11 Å². The van der Waals surface area contributed by atoms with Crippen molar-refractivity contribution >= 4 is 0 Å². The third-order valence-electron chi connectivity index (χ3n) is 3.69. The Morgan fingerprint density at radius 1 is 1.22 bits per heavy atom. The number of rotatable bonds is 6. The van der Waals surface area contributed by atoms with Gasteiger partial charge in [0.2, 0.25) is 0 Å². The quantitative estimate of drug-likeness (QED) is 0.801. The van der Waals surface area contributed by atoms with Crippen molar-refractivity contribution in [1.29, 1.82) is 0 Å². The van der Waals surface area contributed by atoms with Crippen LogP contribution in [0.4, 0.5) is 0 Å². The molecule has 1 aromatic carbocycles. The van der Waals surface area contributed by atoms with E-state index >= 15 is 0 Å². The summed E-state index contributed by atoms with van der Waals surface area (Å²) >= 11 is 0. The molecule has 0 saturated heterocycles. The van der Waals surface area contributed by atoms with Gasteiger partial charge in [0.1, 0.15) is 0 Å². The average Bonchev–Trinajstić information content (AvgIpc) is 2.35. The second kappa shape index (κ2) is 6.67. The molecule has 18 heavy (non-hydrogen) atoms. The van der Waals surface area contributed by atoms with Crippen molar-refractivity contribution in [3.8, 4) is 11.5 Å². The van der Waals surface area contributed by atoms with E-state index in [2.05, 4.69) is 27.7 Å². The SMILES string of the molecule is CCC(C)C(CC(C)C)c1ccc(O)c(OC)c1. The van der Waals surface area contributed by atoms with Crippen molar-refractivity contribution in [2.75, 3.05) is 7.11 Å². The maximum atomic E-state index is 9.67. The Balaban J connectivity index is 3.04. The van der Waals surface area contributed by atoms with Crippen LogP contribution in [-0.4, -0.2) is 12.2 Å². The van der Waals surface area contributed by atoms with Gasteiger partial charge < -0.3 is 9.84 Å². The Bertz CT molecular complexity index is 371. The Labute approximate surface area is 111 Å². The zero-order valence-corrected chi connectivity index (χ0v) is 12.2. The molecule has 0 fully saturated rings. The fourth-order valence-corrected chi connectivity index (χ4v) is 2.41. The number of ether oxygens (including phenoxy) is 1. The molecule has 2 nitrogen and oxygen atoms in total. The maximum Gasteiger partial charge on any atom is 0.160 e. The lowest BCUT2D eigenvalue weighted by atomic mass is 9.80. The van der Waals surface area contributed by atoms with Crippen LogP contribution in [0.3, 0.4) is 0 Å². The van der Waals surface area contributed by atoms with Gasteiger partial charge in [0.15, 0.2) is 11.5 Å². The molecule has 102 valence electrons. The summed E-state index contributed by atoms with van der Waals surface area (Å²) in [5.41, 5.74) is 1.27. The van der Waals surface area contributed by atoms with Gasteiger partial charge in [-0.25, -0.2) is 0 Å². The highest BCUT2D eigenvalue weighted by Crippen LogP contribution is 2.37. The second-order valence-corrected chi connectivity index (χ2v) is 5.55. The average molecular weight is 250 g/mol. The number of hydrogen-bond acceptors (Lipinski definition) is 2. The highest BCUT2D eigenvalue weighted by Gasteiger charge is 2.20. The zero-order chi connectivity index (χ0) is 13.7. The Hall–Kier alpha value is -1.18. The lowest BCUT2D eigenvalue weighted by molar-refractivity contribution is 0.361. The highest BCUT2D eigenvalue weighted by atomic mass is 16.5. The summed E-state index contributed by atoms with van der Waals surface area (Å²) in [6, 6.07) is 5.75. The van der Waals surface area contributed by atoms with Gasteiger partial charge in [-0.3, -0.25) is 0 Å². The number of phenols is 1. The van der Waals surface area contributed by atoms with E-state index in [1.165, 1.54) is 18.4 Å². The third kappa shape index (κ3) is 3.66. The molecule has 1 N–H and O–H groups in total. The van der Waals surface area contributed by atoms with Crippen LogP contribution in [0.5, 0.6) is 11.5 Å². The molecule has 0 heterocycles. The fourth-order valence-electron chi connectivity index (χ4n) is 2.41. The van der Waals surface area contributed by atoms with Crippen molar-refractivity contribution in [3.05, 3.63) is 23.8 Å². The summed E-state index contributed by atoms with van der Waals surface area (Å²) < 4.78 is 5.20. The largest absolute Gasteiger partial charge is 0.504 e. The minimum atomic E-state index is 0.216. The molecule has 0 saturated carbocycles. The molecule has 0 amide bonds. The summed E-state index contributed by atoms with van der Waals surface area (Å²) in [5.74, 6) is 2.63. The predicted molar refractivity (Wildman–Crippen MR) is 76.3 cm³/mol. The minimum Gasteiger partial charge on any atom is -0.504 e. The van der Waals surface area contributed by atoms with Gasteiger partial charge in [-0.1, -0.05) is 40.2 Å². The van der Waals surface area contributed by atoms with Crippen molar-refractivity contribution in [2.45, 2.75) is 46.5 Å². The lowest BCUT2D eigenvalue weighted by Gasteiger charge is -2.25. The maximum absolute atomic E-state index is 9.67. The van der Waals surface area contributed by atoms with E-state index in [1.807, 2.05) is 12.1 Å². The van der Waals surface area contributed by atoms with E-state index in [9.17, 15) is 5.11 Å². The summed E-state index contributed by atoms with van der Waals surface area (Å²) in [6.45, 7) is 9.04. The molecular weight excluding hydrogens is 224 g/mol. The first-order chi connectivity index (χ1) is 8.49. The molecule has 0 aliphatic rings. The number of aromatic hydroxyl groups is 1. The summed E-state index contributed by atoms with van der Waals surface area (Å²) in [7, 11) is 1.60. The van der Waals surface area contributed by atoms with Crippen LogP contribution in [0.15, 0.2) is 18.2 Å². The minimum absolute atomic E-state index is 0.216. The van der Waals surface area contributed by atoms with E-state index in [0.29, 0.717) is 23.5 Å².